The minimum absolute atomic E-state index is 0.416. The van der Waals surface area contributed by atoms with Gasteiger partial charge in [0.05, 0.1) is 5.51 Å². The first-order chi connectivity index (χ1) is 6.86. The second-order valence-electron chi connectivity index (χ2n) is 4.21. The van der Waals surface area contributed by atoms with Gasteiger partial charge in [-0.25, -0.2) is 0 Å². The van der Waals surface area contributed by atoms with E-state index in [0.717, 1.165) is 18.8 Å². The van der Waals surface area contributed by atoms with E-state index in [2.05, 4.69) is 4.98 Å². The molecule has 1 aromatic heterocycles. The summed E-state index contributed by atoms with van der Waals surface area (Å²) in [5, 5.41) is 0. The highest BCUT2D eigenvalue weighted by atomic mass is 32.1. The zero-order valence-corrected chi connectivity index (χ0v) is 9.30. The normalized spacial score (nSPS) is 20.1. The SMILES string of the molecule is NC(CCc1cncs1)C1CCCC1. The van der Waals surface area contributed by atoms with Crippen LogP contribution in [-0.4, -0.2) is 11.0 Å². The van der Waals surface area contributed by atoms with E-state index in [1.165, 1.54) is 30.6 Å². The lowest BCUT2D eigenvalue weighted by Gasteiger charge is -2.17. The molecule has 1 aliphatic rings. The standard InChI is InChI=1S/C11H18N2S/c12-11(9-3-1-2-4-9)6-5-10-7-13-8-14-10/h7-9,11H,1-6,12H2. The topological polar surface area (TPSA) is 38.9 Å². The van der Waals surface area contributed by atoms with E-state index in [-0.39, 0.29) is 0 Å². The molecule has 1 fully saturated rings. The maximum Gasteiger partial charge on any atom is 0.0794 e. The summed E-state index contributed by atoms with van der Waals surface area (Å²) >= 11 is 1.74. The Hall–Kier alpha value is -0.410. The summed E-state index contributed by atoms with van der Waals surface area (Å²) in [6.45, 7) is 0. The summed E-state index contributed by atoms with van der Waals surface area (Å²) in [6.07, 6.45) is 9.69. The lowest BCUT2D eigenvalue weighted by molar-refractivity contribution is 0.411. The fourth-order valence-corrected chi connectivity index (χ4v) is 2.91. The number of nitrogens with two attached hydrogens (primary N) is 1. The van der Waals surface area contributed by atoms with Crippen LogP contribution in [0.1, 0.15) is 37.0 Å². The third kappa shape index (κ3) is 2.55. The third-order valence-corrected chi connectivity index (χ3v) is 4.05. The van der Waals surface area contributed by atoms with Gasteiger partial charge in [-0.15, -0.1) is 11.3 Å². The van der Waals surface area contributed by atoms with Crippen LogP contribution in [0.5, 0.6) is 0 Å². The first-order valence-corrected chi connectivity index (χ1v) is 6.37. The largest absolute Gasteiger partial charge is 0.327 e. The summed E-state index contributed by atoms with van der Waals surface area (Å²) < 4.78 is 0. The van der Waals surface area contributed by atoms with Crippen molar-refractivity contribution in [2.45, 2.75) is 44.6 Å². The van der Waals surface area contributed by atoms with Gasteiger partial charge in [-0.1, -0.05) is 12.8 Å². The Balaban J connectivity index is 1.74. The minimum Gasteiger partial charge on any atom is -0.327 e. The van der Waals surface area contributed by atoms with E-state index >= 15 is 0 Å². The van der Waals surface area contributed by atoms with E-state index in [1.54, 1.807) is 11.3 Å². The Labute approximate surface area is 89.5 Å². The number of thiazole rings is 1. The van der Waals surface area contributed by atoms with Gasteiger partial charge in [-0.2, -0.15) is 0 Å². The van der Waals surface area contributed by atoms with Crippen LogP contribution >= 0.6 is 11.3 Å². The van der Waals surface area contributed by atoms with Crippen LogP contribution in [-0.2, 0) is 6.42 Å². The van der Waals surface area contributed by atoms with Gasteiger partial charge in [-0.3, -0.25) is 4.98 Å². The van der Waals surface area contributed by atoms with Crippen molar-refractivity contribution < 1.29 is 0 Å². The molecule has 1 saturated carbocycles. The van der Waals surface area contributed by atoms with Gasteiger partial charge in [0.15, 0.2) is 0 Å². The van der Waals surface area contributed by atoms with Crippen molar-refractivity contribution in [1.29, 1.82) is 0 Å². The van der Waals surface area contributed by atoms with Gasteiger partial charge >= 0.3 is 0 Å². The Morgan fingerprint density at radius 3 is 2.93 bits per heavy atom. The first-order valence-electron chi connectivity index (χ1n) is 5.49. The Morgan fingerprint density at radius 2 is 2.29 bits per heavy atom. The van der Waals surface area contributed by atoms with Crippen molar-refractivity contribution in [3.8, 4) is 0 Å². The maximum absolute atomic E-state index is 6.18. The van der Waals surface area contributed by atoms with Crippen LogP contribution in [0.25, 0.3) is 0 Å². The molecule has 2 N–H and O–H groups in total. The molecule has 2 nitrogen and oxygen atoms in total. The van der Waals surface area contributed by atoms with Crippen molar-refractivity contribution in [2.75, 3.05) is 0 Å². The van der Waals surface area contributed by atoms with Gasteiger partial charge in [0.25, 0.3) is 0 Å². The molecule has 0 spiro atoms. The van der Waals surface area contributed by atoms with Crippen LogP contribution in [0.4, 0.5) is 0 Å². The predicted molar refractivity (Wildman–Crippen MR) is 60.4 cm³/mol. The zero-order chi connectivity index (χ0) is 9.80. The van der Waals surface area contributed by atoms with Gasteiger partial charge in [0.1, 0.15) is 0 Å². The molecule has 0 saturated heterocycles. The van der Waals surface area contributed by atoms with Crippen molar-refractivity contribution in [3.63, 3.8) is 0 Å². The van der Waals surface area contributed by atoms with Crippen molar-refractivity contribution in [2.24, 2.45) is 11.7 Å². The van der Waals surface area contributed by atoms with E-state index in [9.17, 15) is 0 Å². The number of aryl methyl sites for hydroxylation is 1. The number of hydrogen-bond acceptors (Lipinski definition) is 3. The van der Waals surface area contributed by atoms with Crippen LogP contribution in [0, 0.1) is 5.92 Å². The fourth-order valence-electron chi connectivity index (χ4n) is 2.30. The van der Waals surface area contributed by atoms with Gasteiger partial charge in [0.2, 0.25) is 0 Å². The van der Waals surface area contributed by atoms with E-state index in [4.69, 9.17) is 5.73 Å². The summed E-state index contributed by atoms with van der Waals surface area (Å²) in [4.78, 5) is 5.45. The van der Waals surface area contributed by atoms with Crippen LogP contribution in [0.2, 0.25) is 0 Å². The minimum atomic E-state index is 0.416. The predicted octanol–water partition coefficient (Wildman–Crippen LogP) is 2.59. The molecule has 3 heteroatoms. The second-order valence-corrected chi connectivity index (χ2v) is 5.19. The molecule has 1 heterocycles. The number of hydrogen-bond donors (Lipinski definition) is 1. The Morgan fingerprint density at radius 1 is 1.50 bits per heavy atom. The van der Waals surface area contributed by atoms with Crippen LogP contribution < -0.4 is 5.73 Å². The molecule has 0 radical (unpaired) electrons. The molecule has 1 aliphatic carbocycles. The number of nitrogens with zero attached hydrogens (tertiary/aromatic N) is 1. The molecule has 0 aromatic carbocycles. The Kier molecular flexibility index (Phi) is 3.54. The van der Waals surface area contributed by atoms with Crippen LogP contribution in [0.3, 0.4) is 0 Å². The van der Waals surface area contributed by atoms with Gasteiger partial charge < -0.3 is 5.73 Å². The lowest BCUT2D eigenvalue weighted by Crippen LogP contribution is -2.28. The monoisotopic (exact) mass is 210 g/mol. The Bertz CT molecular complexity index is 252. The average molecular weight is 210 g/mol. The molecule has 14 heavy (non-hydrogen) atoms. The van der Waals surface area contributed by atoms with Crippen molar-refractivity contribution >= 4 is 11.3 Å². The van der Waals surface area contributed by atoms with Crippen molar-refractivity contribution in [3.05, 3.63) is 16.6 Å². The zero-order valence-electron chi connectivity index (χ0n) is 8.48. The van der Waals surface area contributed by atoms with E-state index in [0.29, 0.717) is 6.04 Å². The third-order valence-electron chi connectivity index (χ3n) is 3.21. The molecule has 0 amide bonds. The first kappa shape index (κ1) is 10.1. The van der Waals surface area contributed by atoms with E-state index < -0.39 is 0 Å². The molecule has 1 aromatic rings. The molecule has 1 atom stereocenters. The summed E-state index contributed by atoms with van der Waals surface area (Å²) in [7, 11) is 0. The molecule has 78 valence electrons. The lowest BCUT2D eigenvalue weighted by atomic mass is 9.95. The van der Waals surface area contributed by atoms with E-state index in [1.807, 2.05) is 11.7 Å². The maximum atomic E-state index is 6.18. The summed E-state index contributed by atoms with van der Waals surface area (Å²) in [5.74, 6) is 0.794. The highest BCUT2D eigenvalue weighted by molar-refractivity contribution is 7.09. The molecule has 0 bridgehead atoms. The number of rotatable bonds is 4. The van der Waals surface area contributed by atoms with Crippen LogP contribution in [0.15, 0.2) is 11.7 Å². The smallest absolute Gasteiger partial charge is 0.0794 e. The highest BCUT2D eigenvalue weighted by Crippen LogP contribution is 2.28. The summed E-state index contributed by atoms with van der Waals surface area (Å²) in [6, 6.07) is 0.416. The van der Waals surface area contributed by atoms with Gasteiger partial charge in [0, 0.05) is 17.1 Å². The second kappa shape index (κ2) is 4.89. The fraction of sp³-hybridized carbons (Fsp3) is 0.727. The molecular formula is C11H18N2S. The summed E-state index contributed by atoms with van der Waals surface area (Å²) in [5.41, 5.74) is 8.08. The van der Waals surface area contributed by atoms with Gasteiger partial charge in [-0.05, 0) is 31.6 Å². The average Bonchev–Trinajstić information content (AvgIpc) is 2.87. The molecule has 0 aliphatic heterocycles. The molecule has 2 rings (SSSR count). The molecular weight excluding hydrogens is 192 g/mol. The highest BCUT2D eigenvalue weighted by Gasteiger charge is 2.21. The number of aromatic nitrogens is 1. The quantitative estimate of drug-likeness (QED) is 0.829. The molecule has 1 unspecified atom stereocenters. The van der Waals surface area contributed by atoms with Crippen molar-refractivity contribution in [1.82, 2.24) is 4.98 Å².